The van der Waals surface area contributed by atoms with Gasteiger partial charge in [-0.05, 0) is 12.1 Å². The number of ether oxygens (including phenoxy) is 1. The largest absolute Gasteiger partial charge is 0.482 e. The maximum atomic E-state index is 10.7. The van der Waals surface area contributed by atoms with Crippen LogP contribution in [-0.4, -0.2) is 17.4 Å². The molecular weight excluding hydrogens is 234 g/mol. The molecule has 1 aliphatic heterocycles. The van der Waals surface area contributed by atoms with Crippen molar-refractivity contribution in [2.24, 2.45) is 0 Å². The predicted octanol–water partition coefficient (Wildman–Crippen LogP) is 2.45. The summed E-state index contributed by atoms with van der Waals surface area (Å²) in [6.07, 6.45) is 1.09. The van der Waals surface area contributed by atoms with Crippen molar-refractivity contribution in [3.63, 3.8) is 0 Å². The molecule has 1 unspecified atom stereocenters. The van der Waals surface area contributed by atoms with Crippen molar-refractivity contribution in [1.29, 1.82) is 0 Å². The van der Waals surface area contributed by atoms with Crippen molar-refractivity contribution in [3.05, 3.63) is 22.2 Å². The maximum Gasteiger partial charge on any atom is 0.184 e. The average Bonchev–Trinajstić information content (AvgIpc) is 2.78. The van der Waals surface area contributed by atoms with E-state index in [9.17, 15) is 4.79 Å². The molecule has 0 bridgehead atoms. The lowest BCUT2D eigenvalue weighted by Crippen LogP contribution is -2.13. The quantitative estimate of drug-likeness (QED) is 0.718. The number of thiazole rings is 1. The number of aldehydes is 1. The molecule has 1 atom stereocenters. The Hall–Kier alpha value is -1.13. The molecule has 76 valence electrons. The third-order valence-electron chi connectivity index (χ3n) is 2.43. The molecule has 3 nitrogen and oxygen atoms in total. The molecular formula is C10H6ClNO2S. The van der Waals surface area contributed by atoms with Crippen molar-refractivity contribution in [2.75, 3.05) is 0 Å². The lowest BCUT2D eigenvalue weighted by Gasteiger charge is -2.00. The average molecular weight is 240 g/mol. The number of aromatic nitrogens is 1. The second-order valence-corrected chi connectivity index (χ2v) is 4.94. The summed E-state index contributed by atoms with van der Waals surface area (Å²) in [4.78, 5) is 14.8. The third-order valence-corrected chi connectivity index (χ3v) is 3.66. The summed E-state index contributed by atoms with van der Waals surface area (Å²) >= 11 is 7.28. The van der Waals surface area contributed by atoms with E-state index < -0.39 is 0 Å². The minimum absolute atomic E-state index is 0.355. The van der Waals surface area contributed by atoms with Gasteiger partial charge in [0.1, 0.15) is 5.75 Å². The summed E-state index contributed by atoms with van der Waals surface area (Å²) in [5, 5.41) is 0. The molecule has 0 saturated heterocycles. The van der Waals surface area contributed by atoms with Gasteiger partial charge in [0.15, 0.2) is 16.9 Å². The molecule has 2 aromatic rings. The van der Waals surface area contributed by atoms with Gasteiger partial charge < -0.3 is 4.74 Å². The van der Waals surface area contributed by atoms with Gasteiger partial charge in [-0.2, -0.15) is 0 Å². The van der Waals surface area contributed by atoms with Gasteiger partial charge in [-0.1, -0.05) is 11.6 Å². The Morgan fingerprint density at radius 2 is 2.47 bits per heavy atom. The molecule has 1 aliphatic rings. The van der Waals surface area contributed by atoms with Crippen LogP contribution in [0.2, 0.25) is 4.47 Å². The van der Waals surface area contributed by atoms with E-state index in [0.29, 0.717) is 10.9 Å². The normalized spacial score (nSPS) is 18.9. The van der Waals surface area contributed by atoms with E-state index in [4.69, 9.17) is 16.3 Å². The van der Waals surface area contributed by atoms with Crippen molar-refractivity contribution in [3.8, 4) is 5.75 Å². The minimum Gasteiger partial charge on any atom is -0.482 e. The molecule has 0 saturated carbocycles. The zero-order valence-corrected chi connectivity index (χ0v) is 9.14. The fourth-order valence-electron chi connectivity index (χ4n) is 1.79. The van der Waals surface area contributed by atoms with Gasteiger partial charge in [0.05, 0.1) is 10.2 Å². The number of rotatable bonds is 1. The number of carbonyl (C=O) groups excluding carboxylic acids is 1. The molecule has 0 aliphatic carbocycles. The van der Waals surface area contributed by atoms with Crippen LogP contribution in [0.3, 0.4) is 0 Å². The van der Waals surface area contributed by atoms with E-state index >= 15 is 0 Å². The summed E-state index contributed by atoms with van der Waals surface area (Å²) in [5.74, 6) is 0.778. The molecule has 0 spiro atoms. The molecule has 0 N–H and O–H groups in total. The highest BCUT2D eigenvalue weighted by Gasteiger charge is 2.25. The van der Waals surface area contributed by atoms with Gasteiger partial charge in [-0.15, -0.1) is 11.3 Å². The number of hydrogen-bond acceptors (Lipinski definition) is 4. The van der Waals surface area contributed by atoms with Crippen LogP contribution in [0.5, 0.6) is 5.75 Å². The van der Waals surface area contributed by atoms with Crippen LogP contribution < -0.4 is 4.74 Å². The zero-order valence-electron chi connectivity index (χ0n) is 7.57. The summed E-state index contributed by atoms with van der Waals surface area (Å²) < 4.78 is 6.99. The Bertz CT molecular complexity index is 552. The predicted molar refractivity (Wildman–Crippen MR) is 58.8 cm³/mol. The van der Waals surface area contributed by atoms with Crippen LogP contribution in [0.4, 0.5) is 0 Å². The summed E-state index contributed by atoms with van der Waals surface area (Å²) in [5.41, 5.74) is 1.92. The molecule has 2 heterocycles. The van der Waals surface area contributed by atoms with Gasteiger partial charge in [0.25, 0.3) is 0 Å². The summed E-state index contributed by atoms with van der Waals surface area (Å²) in [6, 6.07) is 3.71. The highest BCUT2D eigenvalue weighted by atomic mass is 35.5. The Morgan fingerprint density at radius 1 is 1.60 bits per heavy atom. The Morgan fingerprint density at radius 3 is 3.27 bits per heavy atom. The number of nitrogens with zero attached hydrogens (tertiary/aromatic N) is 1. The van der Waals surface area contributed by atoms with Gasteiger partial charge in [-0.3, -0.25) is 4.79 Å². The topological polar surface area (TPSA) is 39.2 Å². The molecule has 15 heavy (non-hydrogen) atoms. The SMILES string of the molecule is O=CC1Cc2c(ccc3nc(Cl)sc23)O1. The first-order valence-corrected chi connectivity index (χ1v) is 5.67. The van der Waals surface area contributed by atoms with Crippen LogP contribution >= 0.6 is 22.9 Å². The van der Waals surface area contributed by atoms with Crippen LogP contribution in [-0.2, 0) is 11.2 Å². The highest BCUT2D eigenvalue weighted by molar-refractivity contribution is 7.22. The molecule has 0 fully saturated rings. The van der Waals surface area contributed by atoms with Crippen molar-refractivity contribution in [1.82, 2.24) is 4.98 Å². The van der Waals surface area contributed by atoms with E-state index in [1.165, 1.54) is 11.3 Å². The van der Waals surface area contributed by atoms with E-state index in [-0.39, 0.29) is 6.10 Å². The van der Waals surface area contributed by atoms with Crippen LogP contribution in [0.25, 0.3) is 10.2 Å². The number of hydrogen-bond donors (Lipinski definition) is 0. The number of fused-ring (bicyclic) bond motifs is 3. The lowest BCUT2D eigenvalue weighted by atomic mass is 10.1. The summed E-state index contributed by atoms with van der Waals surface area (Å²) in [6.45, 7) is 0. The highest BCUT2D eigenvalue weighted by Crippen LogP contribution is 2.38. The van der Waals surface area contributed by atoms with Crippen molar-refractivity contribution in [2.45, 2.75) is 12.5 Å². The standard InChI is InChI=1S/C10H6ClNO2S/c11-10-12-7-1-2-8-6(9(7)15-10)3-5(4-13)14-8/h1-2,4-5H,3H2. The third kappa shape index (κ3) is 1.33. The summed E-state index contributed by atoms with van der Waals surface area (Å²) in [7, 11) is 0. The Labute approximate surface area is 94.6 Å². The van der Waals surface area contributed by atoms with Crippen molar-refractivity contribution < 1.29 is 9.53 Å². The zero-order chi connectivity index (χ0) is 10.4. The molecule has 1 aromatic carbocycles. The van der Waals surface area contributed by atoms with Crippen LogP contribution in [0.15, 0.2) is 12.1 Å². The second-order valence-electron chi connectivity index (χ2n) is 3.35. The molecule has 0 radical (unpaired) electrons. The molecule has 3 rings (SSSR count). The fourth-order valence-corrected chi connectivity index (χ4v) is 2.95. The van der Waals surface area contributed by atoms with E-state index in [2.05, 4.69) is 4.98 Å². The Balaban J connectivity index is 2.23. The number of carbonyl (C=O) groups is 1. The minimum atomic E-state index is -0.355. The first kappa shape index (κ1) is 9.12. The van der Waals surface area contributed by atoms with Gasteiger partial charge >= 0.3 is 0 Å². The monoisotopic (exact) mass is 239 g/mol. The van der Waals surface area contributed by atoms with Crippen molar-refractivity contribution >= 4 is 39.4 Å². The first-order chi connectivity index (χ1) is 7.28. The van der Waals surface area contributed by atoms with E-state index in [1.54, 1.807) is 0 Å². The second kappa shape index (κ2) is 3.18. The Kier molecular flexibility index (Phi) is 1.94. The van der Waals surface area contributed by atoms with E-state index in [0.717, 1.165) is 27.8 Å². The number of halogens is 1. The lowest BCUT2D eigenvalue weighted by molar-refractivity contribution is -0.113. The maximum absolute atomic E-state index is 10.7. The number of benzene rings is 1. The van der Waals surface area contributed by atoms with Gasteiger partial charge in [0, 0.05) is 12.0 Å². The fraction of sp³-hybridized carbons (Fsp3) is 0.200. The molecule has 5 heteroatoms. The first-order valence-electron chi connectivity index (χ1n) is 4.48. The van der Waals surface area contributed by atoms with E-state index in [1.807, 2.05) is 12.1 Å². The van der Waals surface area contributed by atoms with Crippen LogP contribution in [0, 0.1) is 0 Å². The molecule has 1 aromatic heterocycles. The smallest absolute Gasteiger partial charge is 0.184 e. The molecule has 0 amide bonds. The van der Waals surface area contributed by atoms with Gasteiger partial charge in [0.2, 0.25) is 0 Å². The van der Waals surface area contributed by atoms with Gasteiger partial charge in [-0.25, -0.2) is 4.98 Å². The van der Waals surface area contributed by atoms with Crippen LogP contribution in [0.1, 0.15) is 5.56 Å².